The van der Waals surface area contributed by atoms with E-state index in [1.54, 1.807) is 29.8 Å². The molecule has 0 unspecified atom stereocenters. The van der Waals surface area contributed by atoms with Gasteiger partial charge in [0.15, 0.2) is 0 Å². The summed E-state index contributed by atoms with van der Waals surface area (Å²) in [6, 6.07) is 7.11. The maximum absolute atomic E-state index is 12.7. The highest BCUT2D eigenvalue weighted by atomic mass is 35.5. The van der Waals surface area contributed by atoms with Gasteiger partial charge in [0, 0.05) is 29.9 Å². The third-order valence-corrected chi connectivity index (χ3v) is 6.13. The molecule has 0 radical (unpaired) electrons. The molecule has 2 heterocycles. The Balaban J connectivity index is 1.66. The van der Waals surface area contributed by atoms with E-state index in [1.807, 2.05) is 11.8 Å². The summed E-state index contributed by atoms with van der Waals surface area (Å²) < 4.78 is 5.91. The number of primary amides is 1. The van der Waals surface area contributed by atoms with Gasteiger partial charge >= 0.3 is 0 Å². The monoisotopic (exact) mass is 407 g/mol. The van der Waals surface area contributed by atoms with E-state index < -0.39 is 0 Å². The van der Waals surface area contributed by atoms with Crippen molar-refractivity contribution in [1.29, 1.82) is 0 Å². The second-order valence-corrected chi connectivity index (χ2v) is 8.24. The predicted octanol–water partition coefficient (Wildman–Crippen LogP) is 3.28. The Morgan fingerprint density at radius 2 is 1.96 bits per heavy atom. The molecule has 0 aliphatic carbocycles. The van der Waals surface area contributed by atoms with Crippen molar-refractivity contribution < 1.29 is 14.3 Å². The lowest BCUT2D eigenvalue weighted by molar-refractivity contribution is -0.121. The number of amides is 2. The average molecular weight is 408 g/mol. The normalized spacial score (nSPS) is 16.1. The topological polar surface area (TPSA) is 85.5 Å². The first-order chi connectivity index (χ1) is 12.9. The number of hydrogen-bond donors (Lipinski definition) is 1. The van der Waals surface area contributed by atoms with Crippen LogP contribution in [0.4, 0.5) is 0 Å². The van der Waals surface area contributed by atoms with Gasteiger partial charge < -0.3 is 15.4 Å². The fraction of sp³-hybridized carbons (Fsp3) is 0.421. The number of piperidine rings is 1. The van der Waals surface area contributed by atoms with E-state index in [1.165, 1.54) is 11.3 Å². The number of carbonyl (C=O) groups is 2. The number of nitrogens with two attached hydrogens (primary N) is 1. The molecule has 8 heteroatoms. The van der Waals surface area contributed by atoms with Gasteiger partial charge in [-0.2, -0.15) is 0 Å². The first-order valence-electron chi connectivity index (χ1n) is 8.75. The van der Waals surface area contributed by atoms with Crippen LogP contribution in [0.2, 0.25) is 5.02 Å². The van der Waals surface area contributed by atoms with Crippen LogP contribution in [0, 0.1) is 12.3 Å². The summed E-state index contributed by atoms with van der Waals surface area (Å²) in [5.41, 5.74) is 7.56. The number of thiazole rings is 1. The van der Waals surface area contributed by atoms with Gasteiger partial charge in [-0.15, -0.1) is 11.3 Å². The van der Waals surface area contributed by atoms with Gasteiger partial charge in [0.05, 0.1) is 17.8 Å². The second kappa shape index (κ2) is 8.27. The number of ether oxygens (including phenoxy) is 1. The Morgan fingerprint density at radius 1 is 1.30 bits per heavy atom. The van der Waals surface area contributed by atoms with Gasteiger partial charge in [-0.1, -0.05) is 11.6 Å². The molecule has 6 nitrogen and oxygen atoms in total. The second-order valence-electron chi connectivity index (χ2n) is 6.94. The molecule has 0 saturated carbocycles. The highest BCUT2D eigenvalue weighted by Crippen LogP contribution is 2.36. The van der Waals surface area contributed by atoms with Crippen LogP contribution in [0.15, 0.2) is 29.8 Å². The highest BCUT2D eigenvalue weighted by Gasteiger charge is 2.38. The van der Waals surface area contributed by atoms with Crippen molar-refractivity contribution in [2.45, 2.75) is 26.2 Å². The molecule has 1 aromatic carbocycles. The molecule has 144 valence electrons. The standard InChI is InChI=1S/C19H22ClN3O3S/c1-13-17(27-12-22-13)18(25)23-8-6-19(7-9-23,10-16(21)24)11-26-15-4-2-14(20)3-5-15/h2-5,12H,6-11H2,1H3,(H2,21,24). The fourth-order valence-electron chi connectivity index (χ4n) is 3.34. The Bertz CT molecular complexity index is 814. The van der Waals surface area contributed by atoms with Gasteiger partial charge in [-0.05, 0) is 44.0 Å². The third kappa shape index (κ3) is 4.78. The molecule has 0 spiro atoms. The Kier molecular flexibility index (Phi) is 6.01. The first kappa shape index (κ1) is 19.6. The summed E-state index contributed by atoms with van der Waals surface area (Å²) in [7, 11) is 0. The van der Waals surface area contributed by atoms with Crippen molar-refractivity contribution in [3.63, 3.8) is 0 Å². The number of halogens is 1. The number of aryl methyl sites for hydroxylation is 1. The van der Waals surface area contributed by atoms with Crippen molar-refractivity contribution in [1.82, 2.24) is 9.88 Å². The molecule has 3 rings (SSSR count). The summed E-state index contributed by atoms with van der Waals surface area (Å²) >= 11 is 7.26. The van der Waals surface area contributed by atoms with Crippen LogP contribution in [-0.2, 0) is 4.79 Å². The molecule has 1 aromatic heterocycles. The predicted molar refractivity (Wildman–Crippen MR) is 105 cm³/mol. The lowest BCUT2D eigenvalue weighted by atomic mass is 9.76. The summed E-state index contributed by atoms with van der Waals surface area (Å²) in [5, 5.41) is 0.638. The largest absolute Gasteiger partial charge is 0.493 e. The summed E-state index contributed by atoms with van der Waals surface area (Å²) in [6.45, 7) is 3.34. The molecule has 1 aliphatic heterocycles. The van der Waals surface area contributed by atoms with E-state index in [0.717, 1.165) is 5.69 Å². The van der Waals surface area contributed by atoms with Gasteiger partial charge in [-0.3, -0.25) is 9.59 Å². The number of hydrogen-bond acceptors (Lipinski definition) is 5. The van der Waals surface area contributed by atoms with Gasteiger partial charge in [0.25, 0.3) is 5.91 Å². The van der Waals surface area contributed by atoms with Crippen LogP contribution in [0.3, 0.4) is 0 Å². The van der Waals surface area contributed by atoms with Crippen molar-refractivity contribution in [3.8, 4) is 5.75 Å². The molecule has 0 atom stereocenters. The van der Waals surface area contributed by atoms with Crippen molar-refractivity contribution in [3.05, 3.63) is 45.4 Å². The smallest absolute Gasteiger partial charge is 0.265 e. The Hall–Kier alpha value is -2.12. The van der Waals surface area contributed by atoms with E-state index in [4.69, 9.17) is 22.1 Å². The van der Waals surface area contributed by atoms with Crippen LogP contribution in [0.25, 0.3) is 0 Å². The van der Waals surface area contributed by atoms with E-state index in [9.17, 15) is 9.59 Å². The number of benzene rings is 1. The van der Waals surface area contributed by atoms with Gasteiger partial charge in [0.1, 0.15) is 10.6 Å². The maximum atomic E-state index is 12.7. The number of rotatable bonds is 6. The SMILES string of the molecule is Cc1ncsc1C(=O)N1CCC(COc2ccc(Cl)cc2)(CC(N)=O)CC1. The molecule has 0 bridgehead atoms. The van der Waals surface area contributed by atoms with Crippen molar-refractivity contribution in [2.75, 3.05) is 19.7 Å². The summed E-state index contributed by atoms with van der Waals surface area (Å²) in [5.74, 6) is 0.344. The van der Waals surface area contributed by atoms with E-state index in [-0.39, 0.29) is 23.7 Å². The van der Waals surface area contributed by atoms with Crippen LogP contribution >= 0.6 is 22.9 Å². The zero-order chi connectivity index (χ0) is 19.4. The zero-order valence-electron chi connectivity index (χ0n) is 15.1. The maximum Gasteiger partial charge on any atom is 0.265 e. The van der Waals surface area contributed by atoms with Crippen LogP contribution in [0.1, 0.15) is 34.6 Å². The summed E-state index contributed by atoms with van der Waals surface area (Å²) in [6.07, 6.45) is 1.56. The van der Waals surface area contributed by atoms with Crippen LogP contribution < -0.4 is 10.5 Å². The summed E-state index contributed by atoms with van der Waals surface area (Å²) in [4.78, 5) is 31.0. The molecule has 2 aromatic rings. The molecule has 2 N–H and O–H groups in total. The minimum absolute atomic E-state index is 0.00120. The molecule has 2 amide bonds. The number of likely N-dealkylation sites (tertiary alicyclic amines) is 1. The lowest BCUT2D eigenvalue weighted by Crippen LogP contribution is -2.47. The number of aromatic nitrogens is 1. The van der Waals surface area contributed by atoms with E-state index >= 15 is 0 Å². The molecular weight excluding hydrogens is 386 g/mol. The number of carbonyl (C=O) groups excluding carboxylic acids is 2. The molecule has 1 fully saturated rings. The minimum atomic E-state index is -0.370. The first-order valence-corrected chi connectivity index (χ1v) is 10.0. The molecular formula is C19H22ClN3O3S. The Labute approximate surface area is 167 Å². The van der Waals surface area contributed by atoms with Crippen molar-refractivity contribution >= 4 is 34.8 Å². The average Bonchev–Trinajstić information content (AvgIpc) is 3.07. The quantitative estimate of drug-likeness (QED) is 0.796. The lowest BCUT2D eigenvalue weighted by Gasteiger charge is -2.41. The molecule has 27 heavy (non-hydrogen) atoms. The third-order valence-electron chi connectivity index (χ3n) is 4.96. The molecule has 1 saturated heterocycles. The highest BCUT2D eigenvalue weighted by molar-refractivity contribution is 7.11. The molecule has 1 aliphatic rings. The minimum Gasteiger partial charge on any atom is -0.493 e. The van der Waals surface area contributed by atoms with Gasteiger partial charge in [-0.25, -0.2) is 4.98 Å². The fourth-order valence-corrected chi connectivity index (χ4v) is 4.24. The van der Waals surface area contributed by atoms with E-state index in [0.29, 0.717) is 48.2 Å². The Morgan fingerprint density at radius 3 is 2.52 bits per heavy atom. The number of nitrogens with zero attached hydrogens (tertiary/aromatic N) is 2. The van der Waals surface area contributed by atoms with Crippen LogP contribution in [-0.4, -0.2) is 41.4 Å². The van der Waals surface area contributed by atoms with Gasteiger partial charge in [0.2, 0.25) is 5.91 Å². The van der Waals surface area contributed by atoms with Crippen LogP contribution in [0.5, 0.6) is 5.75 Å². The zero-order valence-corrected chi connectivity index (χ0v) is 16.7. The van der Waals surface area contributed by atoms with E-state index in [2.05, 4.69) is 4.98 Å². The van der Waals surface area contributed by atoms with Crippen molar-refractivity contribution in [2.24, 2.45) is 11.1 Å².